The molecule has 0 saturated heterocycles. The fourth-order valence-electron chi connectivity index (χ4n) is 3.32. The molecule has 0 aliphatic heterocycles. The van der Waals surface area contributed by atoms with Crippen molar-refractivity contribution in [2.75, 3.05) is 13.2 Å². The first-order chi connectivity index (χ1) is 15.4. The second kappa shape index (κ2) is 13.5. The van der Waals surface area contributed by atoms with E-state index in [0.717, 1.165) is 29.3 Å². The van der Waals surface area contributed by atoms with Crippen LogP contribution in [0.3, 0.4) is 0 Å². The average molecular weight is 524 g/mol. The topological polar surface area (TPSA) is 58.6 Å². The summed E-state index contributed by atoms with van der Waals surface area (Å²) in [6.07, 6.45) is 3.31. The van der Waals surface area contributed by atoms with Gasteiger partial charge in [0.15, 0.2) is 6.61 Å². The van der Waals surface area contributed by atoms with Crippen molar-refractivity contribution in [2.24, 2.45) is 0 Å². The molecule has 0 heterocycles. The molecule has 0 spiro atoms. The van der Waals surface area contributed by atoms with Crippen LogP contribution in [0, 0.1) is 0 Å². The summed E-state index contributed by atoms with van der Waals surface area (Å²) in [5.41, 5.74) is 2.07. The lowest BCUT2D eigenvalue weighted by atomic mass is 10.1. The molecule has 2 aromatic rings. The number of amides is 2. The third kappa shape index (κ3) is 7.82. The SMILES string of the molecule is CCCCNC(=O)[C@@H](CC)N(Cc1ccc(Cl)cc1)C(=O)COc1ccc(CC)cc1Br. The Kier molecular flexibility index (Phi) is 11.0. The van der Waals surface area contributed by atoms with Crippen LogP contribution >= 0.6 is 27.5 Å². The van der Waals surface area contributed by atoms with Crippen LogP contribution in [0.5, 0.6) is 5.75 Å². The second-order valence-electron chi connectivity index (χ2n) is 7.62. The Morgan fingerprint density at radius 1 is 1.09 bits per heavy atom. The van der Waals surface area contributed by atoms with Crippen molar-refractivity contribution in [1.82, 2.24) is 10.2 Å². The van der Waals surface area contributed by atoms with E-state index in [2.05, 4.69) is 35.1 Å². The number of rotatable bonds is 12. The standard InChI is InChI=1S/C25H32BrClN2O3/c1-4-7-14-28-25(31)22(6-3)29(16-19-8-11-20(27)12-9-19)24(30)17-32-23-13-10-18(5-2)15-21(23)26/h8-13,15,22H,4-7,14,16-17H2,1-3H3,(H,28,31)/t22-/m1/s1. The molecule has 0 bridgehead atoms. The number of hydrogen-bond donors (Lipinski definition) is 1. The zero-order valence-electron chi connectivity index (χ0n) is 19.0. The van der Waals surface area contributed by atoms with Gasteiger partial charge in [-0.3, -0.25) is 9.59 Å². The zero-order chi connectivity index (χ0) is 23.5. The molecule has 1 atom stereocenters. The van der Waals surface area contributed by atoms with Crippen molar-refractivity contribution < 1.29 is 14.3 Å². The first-order valence-electron chi connectivity index (χ1n) is 11.1. The molecule has 5 nitrogen and oxygen atoms in total. The lowest BCUT2D eigenvalue weighted by molar-refractivity contribution is -0.143. The van der Waals surface area contributed by atoms with Gasteiger partial charge in [-0.1, -0.05) is 57.0 Å². The largest absolute Gasteiger partial charge is 0.483 e. The van der Waals surface area contributed by atoms with E-state index < -0.39 is 6.04 Å². The summed E-state index contributed by atoms with van der Waals surface area (Å²) in [6.45, 7) is 6.81. The third-order valence-electron chi connectivity index (χ3n) is 5.24. The minimum Gasteiger partial charge on any atom is -0.483 e. The molecule has 0 aromatic heterocycles. The van der Waals surface area contributed by atoms with Gasteiger partial charge in [0, 0.05) is 18.1 Å². The van der Waals surface area contributed by atoms with Gasteiger partial charge in [0.25, 0.3) is 5.91 Å². The van der Waals surface area contributed by atoms with Crippen molar-refractivity contribution in [3.05, 3.63) is 63.1 Å². The highest BCUT2D eigenvalue weighted by atomic mass is 79.9. The molecule has 2 aromatic carbocycles. The maximum Gasteiger partial charge on any atom is 0.261 e. The highest BCUT2D eigenvalue weighted by molar-refractivity contribution is 9.10. The maximum atomic E-state index is 13.2. The van der Waals surface area contributed by atoms with E-state index in [1.165, 1.54) is 5.56 Å². The van der Waals surface area contributed by atoms with Crippen LogP contribution < -0.4 is 10.1 Å². The van der Waals surface area contributed by atoms with Crippen molar-refractivity contribution >= 4 is 39.3 Å². The summed E-state index contributed by atoms with van der Waals surface area (Å²) in [5, 5.41) is 3.58. The van der Waals surface area contributed by atoms with E-state index in [0.29, 0.717) is 30.3 Å². The van der Waals surface area contributed by atoms with Gasteiger partial charge in [-0.25, -0.2) is 0 Å². The second-order valence-corrected chi connectivity index (χ2v) is 8.91. The van der Waals surface area contributed by atoms with Crippen LogP contribution in [-0.2, 0) is 22.6 Å². The molecule has 0 aliphatic rings. The highest BCUT2D eigenvalue weighted by Crippen LogP contribution is 2.26. The van der Waals surface area contributed by atoms with Crippen LogP contribution in [0.1, 0.15) is 51.2 Å². The van der Waals surface area contributed by atoms with E-state index in [1.54, 1.807) is 17.0 Å². The maximum absolute atomic E-state index is 13.2. The van der Waals surface area contributed by atoms with Crippen LogP contribution in [0.4, 0.5) is 0 Å². The molecule has 2 rings (SSSR count). The summed E-state index contributed by atoms with van der Waals surface area (Å²) < 4.78 is 6.62. The van der Waals surface area contributed by atoms with Crippen molar-refractivity contribution in [2.45, 2.75) is 59.0 Å². The summed E-state index contributed by atoms with van der Waals surface area (Å²) in [4.78, 5) is 27.7. The summed E-state index contributed by atoms with van der Waals surface area (Å²) in [6, 6.07) is 12.5. The van der Waals surface area contributed by atoms with Crippen LogP contribution in [0.25, 0.3) is 0 Å². The van der Waals surface area contributed by atoms with E-state index in [9.17, 15) is 9.59 Å². The number of aryl methyl sites for hydroxylation is 1. The van der Waals surface area contributed by atoms with Gasteiger partial charge in [-0.15, -0.1) is 0 Å². The molecule has 0 saturated carbocycles. The Morgan fingerprint density at radius 3 is 2.38 bits per heavy atom. The Labute approximate surface area is 204 Å². The van der Waals surface area contributed by atoms with E-state index in [4.69, 9.17) is 16.3 Å². The molecule has 0 unspecified atom stereocenters. The predicted octanol–water partition coefficient (Wildman–Crippen LogP) is 5.77. The lowest BCUT2D eigenvalue weighted by Gasteiger charge is -2.30. The monoisotopic (exact) mass is 522 g/mol. The molecule has 7 heteroatoms. The van der Waals surface area contributed by atoms with Crippen molar-refractivity contribution in [1.29, 1.82) is 0 Å². The first kappa shape index (κ1) is 26.2. The van der Waals surface area contributed by atoms with Crippen LogP contribution in [0.15, 0.2) is 46.9 Å². The number of nitrogens with one attached hydrogen (secondary N) is 1. The third-order valence-corrected chi connectivity index (χ3v) is 6.11. The number of benzene rings is 2. The number of carbonyl (C=O) groups excluding carboxylic acids is 2. The summed E-state index contributed by atoms with van der Waals surface area (Å²) >= 11 is 9.52. The number of ether oxygens (including phenoxy) is 1. The molecular weight excluding hydrogens is 492 g/mol. The summed E-state index contributed by atoms with van der Waals surface area (Å²) in [5.74, 6) is 0.211. The summed E-state index contributed by atoms with van der Waals surface area (Å²) in [7, 11) is 0. The van der Waals surface area contributed by atoms with Gasteiger partial charge in [0.1, 0.15) is 11.8 Å². The highest BCUT2D eigenvalue weighted by Gasteiger charge is 2.29. The zero-order valence-corrected chi connectivity index (χ0v) is 21.3. The van der Waals surface area contributed by atoms with Gasteiger partial charge in [0.05, 0.1) is 4.47 Å². The Bertz CT molecular complexity index is 889. The van der Waals surface area contributed by atoms with Crippen molar-refractivity contribution in [3.8, 4) is 5.75 Å². The Morgan fingerprint density at radius 2 is 1.78 bits per heavy atom. The minimum atomic E-state index is -0.579. The van der Waals surface area contributed by atoms with Gasteiger partial charge in [-0.2, -0.15) is 0 Å². The number of halogens is 2. The molecule has 0 fully saturated rings. The molecule has 0 radical (unpaired) electrons. The number of carbonyl (C=O) groups is 2. The van der Waals surface area contributed by atoms with E-state index >= 15 is 0 Å². The van der Waals surface area contributed by atoms with Gasteiger partial charge in [-0.05, 0) is 70.6 Å². The van der Waals surface area contributed by atoms with Gasteiger partial charge < -0.3 is 15.0 Å². The molecular formula is C25H32BrClN2O3. The van der Waals surface area contributed by atoms with Gasteiger partial charge >= 0.3 is 0 Å². The van der Waals surface area contributed by atoms with Crippen LogP contribution in [0.2, 0.25) is 5.02 Å². The number of nitrogens with zero attached hydrogens (tertiary/aromatic N) is 1. The Hall–Kier alpha value is -2.05. The molecule has 174 valence electrons. The Balaban J connectivity index is 2.18. The molecule has 32 heavy (non-hydrogen) atoms. The molecule has 2 amide bonds. The minimum absolute atomic E-state index is 0.142. The number of hydrogen-bond acceptors (Lipinski definition) is 3. The molecule has 0 aliphatic carbocycles. The van der Waals surface area contributed by atoms with Crippen molar-refractivity contribution in [3.63, 3.8) is 0 Å². The number of unbranched alkanes of at least 4 members (excludes halogenated alkanes) is 1. The van der Waals surface area contributed by atoms with E-state index in [-0.39, 0.29) is 18.4 Å². The molecule has 1 N–H and O–H groups in total. The fourth-order valence-corrected chi connectivity index (χ4v) is 3.98. The fraction of sp³-hybridized carbons (Fsp3) is 0.440. The predicted molar refractivity (Wildman–Crippen MR) is 133 cm³/mol. The average Bonchev–Trinajstić information content (AvgIpc) is 2.79. The van der Waals surface area contributed by atoms with Crippen LogP contribution in [-0.4, -0.2) is 35.9 Å². The lowest BCUT2D eigenvalue weighted by Crippen LogP contribution is -2.50. The smallest absolute Gasteiger partial charge is 0.261 e. The van der Waals surface area contributed by atoms with Gasteiger partial charge in [0.2, 0.25) is 5.91 Å². The van der Waals surface area contributed by atoms with E-state index in [1.807, 2.05) is 37.3 Å². The quantitative estimate of drug-likeness (QED) is 0.359. The first-order valence-corrected chi connectivity index (χ1v) is 12.3. The normalized spacial score (nSPS) is 11.7.